The van der Waals surface area contributed by atoms with E-state index in [4.69, 9.17) is 4.74 Å². The van der Waals surface area contributed by atoms with Gasteiger partial charge in [0.25, 0.3) is 0 Å². The minimum Gasteiger partial charge on any atom is -0.469 e. The van der Waals surface area contributed by atoms with E-state index < -0.39 is 0 Å². The van der Waals surface area contributed by atoms with E-state index in [2.05, 4.69) is 4.90 Å². The summed E-state index contributed by atoms with van der Waals surface area (Å²) in [6, 6.07) is 10.0. The van der Waals surface area contributed by atoms with Gasteiger partial charge in [0.2, 0.25) is 5.91 Å². The normalized spacial score (nSPS) is 12.0. The Morgan fingerprint density at radius 1 is 1.18 bits per heavy atom. The van der Waals surface area contributed by atoms with Crippen molar-refractivity contribution in [2.24, 2.45) is 5.92 Å². The van der Waals surface area contributed by atoms with Gasteiger partial charge < -0.3 is 9.64 Å². The predicted octanol–water partition coefficient (Wildman–Crippen LogP) is 1.78. The first-order valence-corrected chi connectivity index (χ1v) is 7.48. The van der Waals surface area contributed by atoms with Crippen LogP contribution in [0.15, 0.2) is 30.3 Å². The molecule has 0 unspecified atom stereocenters. The highest BCUT2D eigenvalue weighted by atomic mass is 16.5. The molecule has 0 bridgehead atoms. The van der Waals surface area contributed by atoms with Crippen molar-refractivity contribution in [3.63, 3.8) is 0 Å². The fraction of sp³-hybridized carbons (Fsp3) is 0.529. The Morgan fingerprint density at radius 3 is 2.36 bits per heavy atom. The van der Waals surface area contributed by atoms with E-state index in [1.807, 2.05) is 37.3 Å². The molecule has 0 N–H and O–H groups in total. The number of benzene rings is 1. The Bertz CT molecular complexity index is 474. The third-order valence-corrected chi connectivity index (χ3v) is 3.53. The highest BCUT2D eigenvalue weighted by Gasteiger charge is 2.18. The lowest BCUT2D eigenvalue weighted by atomic mass is 10.1. The largest absolute Gasteiger partial charge is 0.469 e. The molecule has 0 aliphatic heterocycles. The lowest BCUT2D eigenvalue weighted by Crippen LogP contribution is -2.35. The Morgan fingerprint density at radius 2 is 1.82 bits per heavy atom. The van der Waals surface area contributed by atoms with Crippen LogP contribution in [0, 0.1) is 5.92 Å². The molecule has 22 heavy (non-hydrogen) atoms. The summed E-state index contributed by atoms with van der Waals surface area (Å²) in [5.41, 5.74) is 1.16. The van der Waals surface area contributed by atoms with E-state index in [-0.39, 0.29) is 17.8 Å². The second kappa shape index (κ2) is 9.20. The monoisotopic (exact) mass is 306 g/mol. The first kappa shape index (κ1) is 18.2. The summed E-state index contributed by atoms with van der Waals surface area (Å²) in [6.07, 6.45) is 0.438. The van der Waals surface area contributed by atoms with Crippen LogP contribution < -0.4 is 0 Å². The van der Waals surface area contributed by atoms with Crippen LogP contribution in [0.3, 0.4) is 0 Å². The van der Waals surface area contributed by atoms with Gasteiger partial charge in [-0.25, -0.2) is 0 Å². The fourth-order valence-electron chi connectivity index (χ4n) is 2.22. The molecule has 1 aromatic carbocycles. The van der Waals surface area contributed by atoms with Crippen LogP contribution in [0.4, 0.5) is 0 Å². The summed E-state index contributed by atoms with van der Waals surface area (Å²) < 4.78 is 4.79. The molecule has 0 saturated carbocycles. The molecule has 1 aromatic rings. The Kier molecular flexibility index (Phi) is 7.60. The van der Waals surface area contributed by atoms with Gasteiger partial charge in [-0.1, -0.05) is 37.3 Å². The molecule has 5 nitrogen and oxygen atoms in total. The van der Waals surface area contributed by atoms with Crippen molar-refractivity contribution in [3.05, 3.63) is 35.9 Å². The number of esters is 1. The van der Waals surface area contributed by atoms with Crippen molar-refractivity contribution in [1.29, 1.82) is 0 Å². The van der Waals surface area contributed by atoms with Crippen molar-refractivity contribution in [3.8, 4) is 0 Å². The van der Waals surface area contributed by atoms with E-state index >= 15 is 0 Å². The molecule has 1 atom stereocenters. The molecule has 0 spiro atoms. The molecule has 0 heterocycles. The first-order valence-electron chi connectivity index (χ1n) is 7.48. The number of carbonyl (C=O) groups excluding carboxylic acids is 2. The fourth-order valence-corrected chi connectivity index (χ4v) is 2.22. The van der Waals surface area contributed by atoms with Gasteiger partial charge in [-0.05, 0) is 5.56 Å². The molecule has 0 aromatic heterocycles. The summed E-state index contributed by atoms with van der Waals surface area (Å²) in [7, 11) is 4.90. The zero-order chi connectivity index (χ0) is 16.5. The van der Waals surface area contributed by atoms with E-state index in [9.17, 15) is 9.59 Å². The minimum atomic E-state index is -0.225. The van der Waals surface area contributed by atoms with Crippen molar-refractivity contribution >= 4 is 11.9 Å². The van der Waals surface area contributed by atoms with Gasteiger partial charge in [-0.15, -0.1) is 0 Å². The summed E-state index contributed by atoms with van der Waals surface area (Å²) in [5, 5.41) is 0. The number of methoxy groups -OCH3 is 1. The van der Waals surface area contributed by atoms with Gasteiger partial charge in [0, 0.05) is 40.2 Å². The Hall–Kier alpha value is -1.88. The molecule has 122 valence electrons. The van der Waals surface area contributed by atoms with Gasteiger partial charge >= 0.3 is 5.97 Å². The van der Waals surface area contributed by atoms with Crippen LogP contribution in [-0.2, 0) is 20.9 Å². The zero-order valence-electron chi connectivity index (χ0n) is 13.9. The maximum Gasteiger partial charge on any atom is 0.309 e. The van der Waals surface area contributed by atoms with Crippen LogP contribution in [-0.4, -0.2) is 56.0 Å². The number of carbonyl (C=O) groups is 2. The lowest BCUT2D eigenvalue weighted by molar-refractivity contribution is -0.145. The van der Waals surface area contributed by atoms with Crippen molar-refractivity contribution in [2.75, 3.05) is 34.3 Å². The van der Waals surface area contributed by atoms with Gasteiger partial charge in [0.05, 0.1) is 13.0 Å². The Balaban J connectivity index is 2.67. The van der Waals surface area contributed by atoms with Gasteiger partial charge in [0.1, 0.15) is 0 Å². The number of ether oxygens (including phenoxy) is 1. The van der Waals surface area contributed by atoms with Crippen molar-refractivity contribution < 1.29 is 14.3 Å². The zero-order valence-corrected chi connectivity index (χ0v) is 13.9. The summed E-state index contributed by atoms with van der Waals surface area (Å²) in [5.74, 6) is -0.357. The maximum absolute atomic E-state index is 11.8. The quantitative estimate of drug-likeness (QED) is 0.687. The van der Waals surface area contributed by atoms with E-state index in [1.54, 1.807) is 19.0 Å². The van der Waals surface area contributed by atoms with Crippen molar-refractivity contribution in [2.45, 2.75) is 19.9 Å². The Labute approximate surface area is 132 Å². The van der Waals surface area contributed by atoms with Gasteiger partial charge in [-0.3, -0.25) is 14.5 Å². The molecule has 0 aliphatic rings. The average molecular weight is 306 g/mol. The second-order valence-corrected chi connectivity index (χ2v) is 5.68. The van der Waals surface area contributed by atoms with Crippen LogP contribution >= 0.6 is 0 Å². The highest BCUT2D eigenvalue weighted by Crippen LogP contribution is 2.09. The number of rotatable bonds is 8. The molecule has 0 aliphatic carbocycles. The topological polar surface area (TPSA) is 49.9 Å². The summed E-state index contributed by atoms with van der Waals surface area (Å²) in [4.78, 5) is 27.1. The van der Waals surface area contributed by atoms with Crippen LogP contribution in [0.1, 0.15) is 18.9 Å². The van der Waals surface area contributed by atoms with E-state index in [0.29, 0.717) is 26.1 Å². The average Bonchev–Trinajstić information content (AvgIpc) is 2.52. The first-order chi connectivity index (χ1) is 10.4. The molecule has 5 heteroatoms. The molecule has 0 saturated heterocycles. The third-order valence-electron chi connectivity index (χ3n) is 3.53. The highest BCUT2D eigenvalue weighted by molar-refractivity contribution is 5.75. The molecule has 0 radical (unpaired) electrons. The van der Waals surface area contributed by atoms with Gasteiger partial charge in [-0.2, -0.15) is 0 Å². The number of amides is 1. The van der Waals surface area contributed by atoms with Crippen LogP contribution in [0.25, 0.3) is 0 Å². The number of hydrogen-bond acceptors (Lipinski definition) is 4. The molecule has 1 amide bonds. The predicted molar refractivity (Wildman–Crippen MR) is 86.2 cm³/mol. The smallest absolute Gasteiger partial charge is 0.309 e. The van der Waals surface area contributed by atoms with E-state index in [0.717, 1.165) is 5.56 Å². The van der Waals surface area contributed by atoms with E-state index in [1.165, 1.54) is 7.11 Å². The number of hydrogen-bond donors (Lipinski definition) is 0. The summed E-state index contributed by atoms with van der Waals surface area (Å²) in [6.45, 7) is 3.75. The summed E-state index contributed by atoms with van der Waals surface area (Å²) >= 11 is 0. The van der Waals surface area contributed by atoms with Crippen LogP contribution in [0.5, 0.6) is 0 Å². The maximum atomic E-state index is 11.8. The lowest BCUT2D eigenvalue weighted by Gasteiger charge is -2.25. The van der Waals surface area contributed by atoms with Gasteiger partial charge in [0.15, 0.2) is 0 Å². The third kappa shape index (κ3) is 6.26. The van der Waals surface area contributed by atoms with Crippen molar-refractivity contribution in [1.82, 2.24) is 9.80 Å². The van der Waals surface area contributed by atoms with Crippen LogP contribution in [0.2, 0.25) is 0 Å². The minimum absolute atomic E-state index is 0.0868. The molecule has 0 fully saturated rings. The molecular weight excluding hydrogens is 280 g/mol. The molecular formula is C17H26N2O3. The standard InChI is InChI=1S/C17H26N2O3/c1-14(17(21)22-4)12-19(11-10-16(20)18(2)3)13-15-8-6-5-7-9-15/h5-9,14H,10-13H2,1-4H3/t14-/m0/s1. The number of nitrogens with zero attached hydrogens (tertiary/aromatic N) is 2. The SMILES string of the molecule is COC(=O)[C@@H](C)CN(CCC(=O)N(C)C)Cc1ccccc1. The second-order valence-electron chi connectivity index (χ2n) is 5.68. The molecule has 1 rings (SSSR count).